The number of likely N-dealkylation sites (N-methyl/N-ethyl adjacent to an activating group) is 1. The van der Waals surface area contributed by atoms with Crippen LogP contribution in [-0.4, -0.2) is 81.4 Å². The topological polar surface area (TPSA) is 129 Å². The molecule has 0 radical (unpaired) electrons. The maximum Gasteiger partial charge on any atom is 0.246 e. The highest BCUT2D eigenvalue weighted by atomic mass is 16.5. The van der Waals surface area contributed by atoms with Gasteiger partial charge in [-0.25, -0.2) is 14.6 Å². The highest BCUT2D eigenvalue weighted by Crippen LogP contribution is 2.43. The maximum absolute atomic E-state index is 9.79. The zero-order valence-electron chi connectivity index (χ0n) is 27.4. The number of nitrogens with zero attached hydrogens (tertiary/aromatic N) is 8. The minimum atomic E-state index is -0.00519. The van der Waals surface area contributed by atoms with E-state index >= 15 is 0 Å². The Morgan fingerprint density at radius 2 is 2.00 bits per heavy atom. The first kappa shape index (κ1) is 34.0. The number of hydrogen-bond donors (Lipinski definition) is 1. The number of fused-ring (bicyclic) bond motifs is 1. The van der Waals surface area contributed by atoms with Gasteiger partial charge in [-0.05, 0) is 52.3 Å². The number of unbranched alkanes of at least 4 members (excludes halogenated alkanes) is 1. The molecule has 0 aromatic carbocycles. The van der Waals surface area contributed by atoms with Crippen LogP contribution in [0.4, 0.5) is 5.82 Å². The van der Waals surface area contributed by atoms with E-state index < -0.39 is 0 Å². The van der Waals surface area contributed by atoms with E-state index in [1.165, 1.54) is 0 Å². The SMILES string of the molecule is CC.CC.CCC/C=C(/CC#N)C1CCCc2c(-c3nc4c5c(nn(CC(C)N(C)C)c5n3)OCCN4CCO)noc21. The quantitative estimate of drug-likeness (QED) is 0.290. The molecule has 2 atom stereocenters. The van der Waals surface area contributed by atoms with Crippen LogP contribution in [0.5, 0.6) is 5.88 Å². The standard InChI is InChI=1S/C28H38N8O3.2C2H6/c1-5-6-8-19(11-12-29)20-9-7-10-21-23(33-39-24(20)21)25-30-26-22-27(31-25)36(17-18(2)34(3)4)32-28(22)38-16-14-35(26)13-15-37;2*1-2/h8,18,20,37H,5-7,9-11,13-17H2,1-4H3;2*1-2H3/b19-8-;;. The van der Waals surface area contributed by atoms with Gasteiger partial charge in [0.1, 0.15) is 23.6 Å². The minimum absolute atomic E-state index is 0.00519. The molecule has 11 heteroatoms. The van der Waals surface area contributed by atoms with Crippen LogP contribution in [-0.2, 0) is 13.0 Å². The Morgan fingerprint density at radius 3 is 2.67 bits per heavy atom. The van der Waals surface area contributed by atoms with Gasteiger partial charge in [-0.15, -0.1) is 5.10 Å². The molecule has 1 aliphatic carbocycles. The summed E-state index contributed by atoms with van der Waals surface area (Å²) >= 11 is 0. The number of allylic oxidation sites excluding steroid dienone is 2. The van der Waals surface area contributed by atoms with Crippen molar-refractivity contribution in [2.45, 2.75) is 98.6 Å². The molecule has 236 valence electrons. The molecule has 0 spiro atoms. The molecule has 1 N–H and O–H groups in total. The molecule has 0 fully saturated rings. The summed E-state index contributed by atoms with van der Waals surface area (Å²) in [5, 5.41) is 29.3. The number of aromatic nitrogens is 5. The third-order valence-corrected chi connectivity index (χ3v) is 7.82. The highest BCUT2D eigenvalue weighted by molar-refractivity contribution is 5.94. The molecular formula is C32H50N8O3. The number of hydrogen-bond acceptors (Lipinski definition) is 10. The van der Waals surface area contributed by atoms with Gasteiger partial charge in [-0.1, -0.05) is 52.3 Å². The molecule has 0 amide bonds. The van der Waals surface area contributed by atoms with Gasteiger partial charge >= 0.3 is 0 Å². The first-order valence-electron chi connectivity index (χ1n) is 15.9. The van der Waals surface area contributed by atoms with Crippen molar-refractivity contribution in [1.29, 1.82) is 5.26 Å². The summed E-state index contributed by atoms with van der Waals surface area (Å²) in [4.78, 5) is 14.2. The van der Waals surface area contributed by atoms with Gasteiger partial charge in [0, 0.05) is 24.1 Å². The number of anilines is 1. The van der Waals surface area contributed by atoms with Gasteiger partial charge in [0.25, 0.3) is 0 Å². The van der Waals surface area contributed by atoms with Crippen molar-refractivity contribution in [1.82, 2.24) is 29.8 Å². The van der Waals surface area contributed by atoms with E-state index in [0.717, 1.165) is 54.4 Å². The number of rotatable bonds is 10. The van der Waals surface area contributed by atoms with E-state index in [1.54, 1.807) is 0 Å². The third-order valence-electron chi connectivity index (χ3n) is 7.82. The van der Waals surface area contributed by atoms with Gasteiger partial charge in [0.05, 0.1) is 32.2 Å². The Kier molecular flexibility index (Phi) is 13.0. The predicted octanol–water partition coefficient (Wildman–Crippen LogP) is 5.73. The molecule has 0 saturated carbocycles. The minimum Gasteiger partial charge on any atom is -0.474 e. The number of ether oxygens (including phenoxy) is 1. The van der Waals surface area contributed by atoms with E-state index in [0.29, 0.717) is 61.5 Å². The van der Waals surface area contributed by atoms with Crippen molar-refractivity contribution >= 4 is 16.9 Å². The van der Waals surface area contributed by atoms with Crippen LogP contribution in [0.25, 0.3) is 22.6 Å². The summed E-state index contributed by atoms with van der Waals surface area (Å²) in [5.41, 5.74) is 3.45. The Labute approximate surface area is 256 Å². The number of aliphatic hydroxyl groups is 1. The zero-order chi connectivity index (χ0) is 31.5. The molecule has 2 unspecified atom stereocenters. The molecular weight excluding hydrogens is 544 g/mol. The first-order chi connectivity index (χ1) is 21.0. The molecule has 0 bridgehead atoms. The molecule has 43 heavy (non-hydrogen) atoms. The summed E-state index contributed by atoms with van der Waals surface area (Å²) in [6.45, 7) is 14.3. The van der Waals surface area contributed by atoms with Crippen molar-refractivity contribution < 1.29 is 14.4 Å². The van der Waals surface area contributed by atoms with Gasteiger partial charge in [0.2, 0.25) is 5.88 Å². The normalized spacial score (nSPS) is 16.7. The average molecular weight is 595 g/mol. The summed E-state index contributed by atoms with van der Waals surface area (Å²) in [6, 6.07) is 2.55. The van der Waals surface area contributed by atoms with Crippen LogP contribution in [0.15, 0.2) is 16.2 Å². The smallest absolute Gasteiger partial charge is 0.246 e. The lowest BCUT2D eigenvalue weighted by molar-refractivity contribution is 0.268. The molecule has 5 rings (SSSR count). The zero-order valence-corrected chi connectivity index (χ0v) is 27.4. The molecule has 11 nitrogen and oxygen atoms in total. The van der Waals surface area contributed by atoms with Crippen molar-refractivity contribution in [2.24, 2.45) is 0 Å². The van der Waals surface area contributed by atoms with Gasteiger partial charge in [-0.2, -0.15) is 5.26 Å². The third kappa shape index (κ3) is 7.36. The fraction of sp³-hybridized carbons (Fsp3) is 0.656. The lowest BCUT2D eigenvalue weighted by atomic mass is 9.81. The van der Waals surface area contributed by atoms with E-state index in [2.05, 4.69) is 36.0 Å². The summed E-state index contributed by atoms with van der Waals surface area (Å²) in [6.07, 6.45) is 7.28. The van der Waals surface area contributed by atoms with Gasteiger partial charge in [-0.3, -0.25) is 0 Å². The lowest BCUT2D eigenvalue weighted by Gasteiger charge is -2.23. The van der Waals surface area contributed by atoms with E-state index in [9.17, 15) is 10.4 Å². The molecule has 2 aliphatic rings. The lowest BCUT2D eigenvalue weighted by Crippen LogP contribution is -2.31. The summed E-state index contributed by atoms with van der Waals surface area (Å²) in [7, 11) is 4.08. The van der Waals surface area contributed by atoms with E-state index in [-0.39, 0.29) is 18.6 Å². The van der Waals surface area contributed by atoms with Crippen LogP contribution in [0.2, 0.25) is 0 Å². The fourth-order valence-electron chi connectivity index (χ4n) is 5.44. The van der Waals surface area contributed by atoms with Crippen molar-refractivity contribution in [3.63, 3.8) is 0 Å². The van der Waals surface area contributed by atoms with E-state index in [4.69, 9.17) is 24.3 Å². The number of aliphatic hydroxyl groups excluding tert-OH is 1. The summed E-state index contributed by atoms with van der Waals surface area (Å²) in [5.74, 6) is 2.57. The van der Waals surface area contributed by atoms with Gasteiger partial charge < -0.3 is 24.2 Å². The molecule has 0 saturated heterocycles. The number of nitriles is 1. The fourth-order valence-corrected chi connectivity index (χ4v) is 5.44. The number of β-amino-alcohol motifs (C(OH)–C–C–N with tert-alkyl or cyclic N) is 1. The van der Waals surface area contributed by atoms with Crippen LogP contribution in [0, 0.1) is 11.3 Å². The Balaban J connectivity index is 0.00000121. The Hall–Kier alpha value is -3.49. The van der Waals surface area contributed by atoms with Crippen LogP contribution in [0.3, 0.4) is 0 Å². The molecule has 3 aromatic heterocycles. The van der Waals surface area contributed by atoms with Crippen molar-refractivity contribution in [3.8, 4) is 23.5 Å². The average Bonchev–Trinajstić information content (AvgIpc) is 3.57. The second-order valence-electron chi connectivity index (χ2n) is 10.6. The van der Waals surface area contributed by atoms with Crippen LogP contribution >= 0.6 is 0 Å². The van der Waals surface area contributed by atoms with Crippen LogP contribution in [0.1, 0.15) is 90.9 Å². The highest BCUT2D eigenvalue weighted by Gasteiger charge is 2.33. The second-order valence-corrected chi connectivity index (χ2v) is 10.6. The van der Waals surface area contributed by atoms with Crippen LogP contribution < -0.4 is 9.64 Å². The van der Waals surface area contributed by atoms with Crippen molar-refractivity contribution in [3.05, 3.63) is 23.0 Å². The molecule has 1 aliphatic heterocycles. The maximum atomic E-state index is 9.79. The predicted molar refractivity (Wildman–Crippen MR) is 170 cm³/mol. The second kappa shape index (κ2) is 16.4. The van der Waals surface area contributed by atoms with Gasteiger partial charge in [0.15, 0.2) is 17.2 Å². The summed E-state index contributed by atoms with van der Waals surface area (Å²) < 4.78 is 13.9. The first-order valence-corrected chi connectivity index (χ1v) is 15.9. The Bertz CT molecular complexity index is 1390. The van der Waals surface area contributed by atoms with E-state index in [1.807, 2.05) is 51.4 Å². The Morgan fingerprint density at radius 1 is 1.23 bits per heavy atom. The largest absolute Gasteiger partial charge is 0.474 e. The molecule has 4 heterocycles. The van der Waals surface area contributed by atoms with Crippen molar-refractivity contribution in [2.75, 3.05) is 45.3 Å². The molecule has 3 aromatic rings. The monoisotopic (exact) mass is 594 g/mol.